The van der Waals surface area contributed by atoms with Gasteiger partial charge in [-0.25, -0.2) is 0 Å². The molecule has 1 aliphatic carbocycles. The molecule has 0 radical (unpaired) electrons. The van der Waals surface area contributed by atoms with Crippen molar-refractivity contribution < 1.29 is 14.6 Å². The van der Waals surface area contributed by atoms with Gasteiger partial charge >= 0.3 is 5.97 Å². The number of rotatable bonds is 3. The zero-order chi connectivity index (χ0) is 9.35. The molecule has 0 heterocycles. The van der Waals surface area contributed by atoms with Gasteiger partial charge in [0.15, 0.2) is 0 Å². The monoisotopic (exact) mass is 172 g/mol. The number of ether oxygens (including phenoxy) is 1. The third-order valence-corrected chi connectivity index (χ3v) is 2.29. The number of hydrogen-bond acceptors (Lipinski definition) is 3. The van der Waals surface area contributed by atoms with Crippen molar-refractivity contribution in [2.45, 2.75) is 32.8 Å². The van der Waals surface area contributed by atoms with Gasteiger partial charge in [-0.05, 0) is 27.2 Å². The summed E-state index contributed by atoms with van der Waals surface area (Å²) in [7, 11) is 0. The lowest BCUT2D eigenvalue weighted by molar-refractivity contribution is -0.145. The molecule has 1 rings (SSSR count). The minimum atomic E-state index is -0.739. The average Bonchev–Trinajstić information content (AvgIpc) is 2.62. The molecule has 2 atom stereocenters. The summed E-state index contributed by atoms with van der Waals surface area (Å²) in [6, 6.07) is 0. The standard InChI is InChI=1S/C9H16O3/c1-4-12-8(10)6-5-7(6)9(2,3)11/h6-7,11H,4-5H2,1-3H3/t6-,7-/m1/s1. The van der Waals surface area contributed by atoms with Gasteiger partial charge in [0, 0.05) is 5.92 Å². The van der Waals surface area contributed by atoms with Crippen LogP contribution < -0.4 is 0 Å². The van der Waals surface area contributed by atoms with Crippen molar-refractivity contribution >= 4 is 5.97 Å². The first-order valence-corrected chi connectivity index (χ1v) is 4.35. The third kappa shape index (κ3) is 1.97. The summed E-state index contributed by atoms with van der Waals surface area (Å²) in [4.78, 5) is 11.1. The minimum absolute atomic E-state index is 0.0649. The highest BCUT2D eigenvalue weighted by atomic mass is 16.5. The van der Waals surface area contributed by atoms with Crippen LogP contribution in [0, 0.1) is 11.8 Å². The second-order valence-electron chi connectivity index (χ2n) is 3.85. The van der Waals surface area contributed by atoms with E-state index in [2.05, 4.69) is 0 Å². The van der Waals surface area contributed by atoms with E-state index in [0.717, 1.165) is 6.42 Å². The first-order valence-electron chi connectivity index (χ1n) is 4.35. The van der Waals surface area contributed by atoms with Crippen molar-refractivity contribution in [3.63, 3.8) is 0 Å². The topological polar surface area (TPSA) is 46.5 Å². The quantitative estimate of drug-likeness (QED) is 0.645. The first kappa shape index (κ1) is 9.52. The number of carbonyl (C=O) groups excluding carboxylic acids is 1. The molecule has 1 aliphatic rings. The van der Waals surface area contributed by atoms with Crippen molar-refractivity contribution in [1.82, 2.24) is 0 Å². The molecule has 0 amide bonds. The summed E-state index contributed by atoms with van der Waals surface area (Å²) in [6.45, 7) is 5.68. The fourth-order valence-corrected chi connectivity index (χ4v) is 1.49. The van der Waals surface area contributed by atoms with Gasteiger partial charge in [0.1, 0.15) is 0 Å². The molecule has 1 saturated carbocycles. The maximum atomic E-state index is 11.1. The zero-order valence-electron chi connectivity index (χ0n) is 7.83. The molecule has 0 aromatic rings. The molecule has 12 heavy (non-hydrogen) atoms. The maximum absolute atomic E-state index is 11.1. The van der Waals surface area contributed by atoms with E-state index in [1.54, 1.807) is 20.8 Å². The lowest BCUT2D eigenvalue weighted by Gasteiger charge is -2.16. The van der Waals surface area contributed by atoms with E-state index in [1.807, 2.05) is 0 Å². The Morgan fingerprint density at radius 1 is 1.67 bits per heavy atom. The van der Waals surface area contributed by atoms with Crippen molar-refractivity contribution in [1.29, 1.82) is 0 Å². The fourth-order valence-electron chi connectivity index (χ4n) is 1.49. The Kier molecular flexibility index (Phi) is 2.42. The van der Waals surface area contributed by atoms with Crippen LogP contribution in [0.25, 0.3) is 0 Å². The van der Waals surface area contributed by atoms with E-state index >= 15 is 0 Å². The number of esters is 1. The van der Waals surface area contributed by atoms with E-state index in [1.165, 1.54) is 0 Å². The maximum Gasteiger partial charge on any atom is 0.309 e. The lowest BCUT2D eigenvalue weighted by atomic mass is 10.0. The van der Waals surface area contributed by atoms with E-state index < -0.39 is 5.60 Å². The third-order valence-electron chi connectivity index (χ3n) is 2.29. The van der Waals surface area contributed by atoms with E-state index in [0.29, 0.717) is 6.61 Å². The largest absolute Gasteiger partial charge is 0.466 e. The first-order chi connectivity index (χ1) is 5.46. The summed E-state index contributed by atoms with van der Waals surface area (Å²) in [5.41, 5.74) is -0.739. The van der Waals surface area contributed by atoms with Crippen molar-refractivity contribution in [2.75, 3.05) is 6.61 Å². The molecule has 0 saturated heterocycles. The number of hydrogen-bond donors (Lipinski definition) is 1. The van der Waals surface area contributed by atoms with Crippen LogP contribution >= 0.6 is 0 Å². The molecule has 0 unspecified atom stereocenters. The minimum Gasteiger partial charge on any atom is -0.466 e. The van der Waals surface area contributed by atoms with Crippen LogP contribution in [-0.2, 0) is 9.53 Å². The summed E-state index contributed by atoms with van der Waals surface area (Å²) < 4.78 is 4.84. The number of carbonyl (C=O) groups is 1. The van der Waals surface area contributed by atoms with Gasteiger partial charge in [0.05, 0.1) is 18.1 Å². The van der Waals surface area contributed by atoms with Crippen LogP contribution in [0.3, 0.4) is 0 Å². The van der Waals surface area contributed by atoms with E-state index in [-0.39, 0.29) is 17.8 Å². The summed E-state index contributed by atoms with van der Waals surface area (Å²) in [5, 5.41) is 9.54. The van der Waals surface area contributed by atoms with Crippen molar-refractivity contribution in [2.24, 2.45) is 11.8 Å². The smallest absolute Gasteiger partial charge is 0.309 e. The van der Waals surface area contributed by atoms with Crippen LogP contribution in [0.2, 0.25) is 0 Å². The molecule has 1 N–H and O–H groups in total. The Morgan fingerprint density at radius 2 is 2.25 bits per heavy atom. The second kappa shape index (κ2) is 3.05. The highest BCUT2D eigenvalue weighted by Gasteiger charge is 2.51. The summed E-state index contributed by atoms with van der Waals surface area (Å²) in [5.74, 6) is -0.133. The molecule has 0 aromatic heterocycles. The molecule has 0 bridgehead atoms. The lowest BCUT2D eigenvalue weighted by Crippen LogP contribution is -2.24. The molecular formula is C9H16O3. The SMILES string of the molecule is CCOC(=O)[C@@H]1C[C@H]1C(C)(C)O. The highest BCUT2D eigenvalue weighted by Crippen LogP contribution is 2.46. The second-order valence-corrected chi connectivity index (χ2v) is 3.85. The molecule has 0 aromatic carbocycles. The van der Waals surface area contributed by atoms with Crippen molar-refractivity contribution in [3.05, 3.63) is 0 Å². The van der Waals surface area contributed by atoms with Crippen molar-refractivity contribution in [3.8, 4) is 0 Å². The Balaban J connectivity index is 2.37. The van der Waals surface area contributed by atoms with E-state index in [9.17, 15) is 9.90 Å². The van der Waals surface area contributed by atoms with Gasteiger partial charge in [-0.1, -0.05) is 0 Å². The molecule has 3 nitrogen and oxygen atoms in total. The Bertz CT molecular complexity index is 181. The fraction of sp³-hybridized carbons (Fsp3) is 0.889. The summed E-state index contributed by atoms with van der Waals surface area (Å²) in [6.07, 6.45) is 0.766. The molecule has 0 spiro atoms. The zero-order valence-corrected chi connectivity index (χ0v) is 7.83. The number of aliphatic hydroxyl groups is 1. The van der Waals surface area contributed by atoms with Gasteiger partial charge in [-0.15, -0.1) is 0 Å². The van der Waals surface area contributed by atoms with Gasteiger partial charge in [-0.3, -0.25) is 4.79 Å². The van der Waals surface area contributed by atoms with E-state index in [4.69, 9.17) is 4.74 Å². The van der Waals surface area contributed by atoms with Crippen LogP contribution in [-0.4, -0.2) is 23.3 Å². The predicted octanol–water partition coefficient (Wildman–Crippen LogP) is 0.956. The predicted molar refractivity (Wildman–Crippen MR) is 44.5 cm³/mol. The van der Waals surface area contributed by atoms with Crippen LogP contribution in [0.15, 0.2) is 0 Å². The van der Waals surface area contributed by atoms with Crippen LogP contribution in [0.4, 0.5) is 0 Å². The van der Waals surface area contributed by atoms with Crippen LogP contribution in [0.1, 0.15) is 27.2 Å². The highest BCUT2D eigenvalue weighted by molar-refractivity contribution is 5.76. The average molecular weight is 172 g/mol. The Hall–Kier alpha value is -0.570. The molecular weight excluding hydrogens is 156 g/mol. The molecule has 3 heteroatoms. The van der Waals surface area contributed by atoms with Crippen LogP contribution in [0.5, 0.6) is 0 Å². The van der Waals surface area contributed by atoms with Gasteiger partial charge in [0.2, 0.25) is 0 Å². The molecule has 0 aliphatic heterocycles. The Morgan fingerprint density at radius 3 is 2.58 bits per heavy atom. The normalized spacial score (nSPS) is 28.3. The Labute approximate surface area is 72.7 Å². The summed E-state index contributed by atoms with van der Waals surface area (Å²) >= 11 is 0. The van der Waals surface area contributed by atoms with Gasteiger partial charge in [0.25, 0.3) is 0 Å². The van der Waals surface area contributed by atoms with Gasteiger partial charge < -0.3 is 9.84 Å². The molecule has 70 valence electrons. The van der Waals surface area contributed by atoms with Gasteiger partial charge in [-0.2, -0.15) is 0 Å². The molecule has 1 fully saturated rings.